The van der Waals surface area contributed by atoms with Crippen molar-refractivity contribution in [1.82, 2.24) is 5.32 Å². The fraction of sp³-hybridized carbons (Fsp3) is 0.391. The Hall–Kier alpha value is -3.30. The van der Waals surface area contributed by atoms with Crippen LogP contribution in [0.15, 0.2) is 30.3 Å². The van der Waals surface area contributed by atoms with Crippen LogP contribution in [0.25, 0.3) is 0 Å². The van der Waals surface area contributed by atoms with Crippen molar-refractivity contribution in [3.8, 4) is 0 Å². The minimum atomic E-state index is -1.84. The molecule has 0 unspecified atom stereocenters. The molecule has 1 amide bonds. The van der Waals surface area contributed by atoms with Gasteiger partial charge in [0.15, 0.2) is 23.3 Å². The molecule has 2 aromatic carbocycles. The van der Waals surface area contributed by atoms with Crippen LogP contribution in [0.2, 0.25) is 0 Å². The van der Waals surface area contributed by atoms with Crippen molar-refractivity contribution >= 4 is 17.7 Å². The van der Waals surface area contributed by atoms with Gasteiger partial charge in [-0.25, -0.2) is 27.2 Å². The Bertz CT molecular complexity index is 1010. The maximum Gasteiger partial charge on any atom is 0.407 e. The Kier molecular flexibility index (Phi) is 7.14. The quantitative estimate of drug-likeness (QED) is 0.391. The number of hydrogen-bond acceptors (Lipinski definition) is 5. The summed E-state index contributed by atoms with van der Waals surface area (Å²) in [6, 6.07) is 7.72. The highest BCUT2D eigenvalue weighted by Crippen LogP contribution is 2.33. The normalized spacial score (nSPS) is 16.0. The zero-order valence-electron chi connectivity index (χ0n) is 18.4. The maximum atomic E-state index is 14.7. The molecule has 0 aliphatic carbocycles. The van der Waals surface area contributed by atoms with Gasteiger partial charge in [-0.3, -0.25) is 0 Å². The van der Waals surface area contributed by atoms with Crippen LogP contribution in [0.3, 0.4) is 0 Å². The van der Waals surface area contributed by atoms with Crippen LogP contribution in [0.1, 0.15) is 43.1 Å². The summed E-state index contributed by atoms with van der Waals surface area (Å²) in [5.41, 5.74) is -2.59. The number of nitrogens with one attached hydrogen (secondary N) is 1. The van der Waals surface area contributed by atoms with E-state index in [1.807, 2.05) is 0 Å². The molecule has 1 aliphatic rings. The molecule has 10 heteroatoms. The number of alkyl carbamates (subject to hydrolysis) is 1. The van der Waals surface area contributed by atoms with E-state index in [9.17, 15) is 27.2 Å². The number of carbonyl (C=O) groups excluding carboxylic acids is 2. The van der Waals surface area contributed by atoms with E-state index in [4.69, 9.17) is 9.47 Å². The molecule has 1 atom stereocenters. The highest BCUT2D eigenvalue weighted by molar-refractivity contribution is 5.90. The van der Waals surface area contributed by atoms with E-state index in [0.717, 1.165) is 4.90 Å². The predicted molar refractivity (Wildman–Crippen MR) is 112 cm³/mol. The van der Waals surface area contributed by atoms with Gasteiger partial charge in [0, 0.05) is 13.1 Å². The fourth-order valence-electron chi connectivity index (χ4n) is 3.43. The lowest BCUT2D eigenvalue weighted by molar-refractivity contribution is 0.0456. The summed E-state index contributed by atoms with van der Waals surface area (Å²) in [5.74, 6) is -8.63. The highest BCUT2D eigenvalue weighted by Gasteiger charge is 2.35. The predicted octanol–water partition coefficient (Wildman–Crippen LogP) is 4.70. The molecule has 0 saturated carbocycles. The van der Waals surface area contributed by atoms with Crippen LogP contribution >= 0.6 is 0 Å². The maximum absolute atomic E-state index is 14.7. The third kappa shape index (κ3) is 5.74. The lowest BCUT2D eigenvalue weighted by Crippen LogP contribution is -2.40. The first-order chi connectivity index (χ1) is 15.5. The Labute approximate surface area is 188 Å². The summed E-state index contributed by atoms with van der Waals surface area (Å²) >= 11 is 0. The summed E-state index contributed by atoms with van der Waals surface area (Å²) in [6.07, 6.45) is -0.452. The molecule has 0 spiro atoms. The number of nitrogens with zero attached hydrogens (tertiary/aromatic N) is 1. The van der Waals surface area contributed by atoms with Gasteiger partial charge in [0.2, 0.25) is 0 Å². The number of carbonyl (C=O) groups is 2. The minimum Gasteiger partial charge on any atom is -0.457 e. The van der Waals surface area contributed by atoms with Gasteiger partial charge in [0.25, 0.3) is 0 Å². The standard InChI is InChI=1S/C23H24F4N2O4/c1-23(2,3)33-22(31)28-14-9-10-29(11-14)20-18(26)16(24)15(17(25)19(20)27)21(30)32-12-13-7-5-4-6-8-13/h4-8,14H,9-12H2,1-3H3,(H,28,31)/t14-/m0/s1. The van der Waals surface area contributed by atoms with Crippen LogP contribution in [-0.4, -0.2) is 36.8 Å². The van der Waals surface area contributed by atoms with Gasteiger partial charge in [0.1, 0.15) is 23.5 Å². The van der Waals surface area contributed by atoms with Crippen molar-refractivity contribution in [2.75, 3.05) is 18.0 Å². The molecule has 0 bridgehead atoms. The topological polar surface area (TPSA) is 67.9 Å². The third-order valence-corrected chi connectivity index (χ3v) is 4.88. The first-order valence-electron chi connectivity index (χ1n) is 10.3. The lowest BCUT2D eigenvalue weighted by Gasteiger charge is -2.23. The molecule has 3 rings (SSSR count). The average molecular weight is 468 g/mol. The number of rotatable bonds is 5. The van der Waals surface area contributed by atoms with Crippen molar-refractivity contribution in [2.45, 2.75) is 45.4 Å². The van der Waals surface area contributed by atoms with E-state index in [0.29, 0.717) is 5.56 Å². The smallest absolute Gasteiger partial charge is 0.407 e. The molecule has 0 aromatic heterocycles. The van der Waals surface area contributed by atoms with E-state index in [-0.39, 0.29) is 26.1 Å². The number of anilines is 1. The van der Waals surface area contributed by atoms with Gasteiger partial charge >= 0.3 is 12.1 Å². The number of esters is 1. The molecule has 6 nitrogen and oxygen atoms in total. The van der Waals surface area contributed by atoms with Gasteiger partial charge < -0.3 is 19.7 Å². The van der Waals surface area contributed by atoms with Crippen molar-refractivity contribution in [2.24, 2.45) is 0 Å². The monoisotopic (exact) mass is 468 g/mol. The number of amides is 1. The van der Waals surface area contributed by atoms with Gasteiger partial charge in [-0.05, 0) is 32.8 Å². The largest absolute Gasteiger partial charge is 0.457 e. The van der Waals surface area contributed by atoms with Gasteiger partial charge in [-0.2, -0.15) is 0 Å². The number of halogens is 4. The zero-order valence-corrected chi connectivity index (χ0v) is 18.4. The van der Waals surface area contributed by atoms with Crippen LogP contribution in [0.5, 0.6) is 0 Å². The van der Waals surface area contributed by atoms with Crippen LogP contribution in [-0.2, 0) is 16.1 Å². The number of ether oxygens (including phenoxy) is 2. The van der Waals surface area contributed by atoms with Gasteiger partial charge in [-0.15, -0.1) is 0 Å². The molecule has 178 valence electrons. The molecule has 33 heavy (non-hydrogen) atoms. The van der Waals surface area contributed by atoms with Crippen LogP contribution in [0, 0.1) is 23.3 Å². The lowest BCUT2D eigenvalue weighted by atomic mass is 10.1. The summed E-state index contributed by atoms with van der Waals surface area (Å²) in [5, 5.41) is 2.56. The number of hydrogen-bond donors (Lipinski definition) is 1. The second-order valence-corrected chi connectivity index (χ2v) is 8.62. The average Bonchev–Trinajstić information content (AvgIpc) is 3.18. The molecule has 1 saturated heterocycles. The van der Waals surface area contributed by atoms with E-state index < -0.39 is 58.2 Å². The zero-order chi connectivity index (χ0) is 24.3. The molecular weight excluding hydrogens is 444 g/mol. The van der Waals surface area contributed by atoms with Crippen molar-refractivity contribution in [3.63, 3.8) is 0 Å². The second kappa shape index (κ2) is 9.68. The summed E-state index contributed by atoms with van der Waals surface area (Å²) in [6.45, 7) is 4.62. The van der Waals surface area contributed by atoms with Gasteiger partial charge in [-0.1, -0.05) is 30.3 Å². The summed E-state index contributed by atoms with van der Waals surface area (Å²) in [4.78, 5) is 25.2. The minimum absolute atomic E-state index is 0.0188. The highest BCUT2D eigenvalue weighted by atomic mass is 19.2. The molecule has 1 fully saturated rings. The summed E-state index contributed by atoms with van der Waals surface area (Å²) in [7, 11) is 0. The SMILES string of the molecule is CC(C)(C)OC(=O)N[C@H]1CCN(c2c(F)c(F)c(C(=O)OCc3ccccc3)c(F)c2F)C1. The molecular formula is C23H24F4N2O4. The van der Waals surface area contributed by atoms with E-state index in [1.54, 1.807) is 51.1 Å². The first-order valence-corrected chi connectivity index (χ1v) is 10.3. The Morgan fingerprint density at radius 3 is 2.21 bits per heavy atom. The Morgan fingerprint density at radius 2 is 1.64 bits per heavy atom. The third-order valence-electron chi connectivity index (χ3n) is 4.88. The van der Waals surface area contributed by atoms with Crippen molar-refractivity contribution < 1.29 is 36.6 Å². The fourth-order valence-corrected chi connectivity index (χ4v) is 3.43. The van der Waals surface area contributed by atoms with E-state index in [2.05, 4.69) is 5.32 Å². The molecule has 1 aliphatic heterocycles. The molecule has 2 aromatic rings. The number of benzene rings is 2. The Balaban J connectivity index is 1.75. The second-order valence-electron chi connectivity index (χ2n) is 8.62. The van der Waals surface area contributed by atoms with Crippen LogP contribution < -0.4 is 10.2 Å². The summed E-state index contributed by atoms with van der Waals surface area (Å²) < 4.78 is 68.7. The van der Waals surface area contributed by atoms with E-state index >= 15 is 0 Å². The van der Waals surface area contributed by atoms with Crippen LogP contribution in [0.4, 0.5) is 28.0 Å². The van der Waals surface area contributed by atoms with Crippen molar-refractivity contribution in [1.29, 1.82) is 0 Å². The first kappa shape index (κ1) is 24.3. The Morgan fingerprint density at radius 1 is 1.03 bits per heavy atom. The van der Waals surface area contributed by atoms with Gasteiger partial charge in [0.05, 0.1) is 6.04 Å². The van der Waals surface area contributed by atoms with E-state index in [1.165, 1.54) is 0 Å². The molecule has 0 radical (unpaired) electrons. The molecule has 1 heterocycles. The molecule has 1 N–H and O–H groups in total. The van der Waals surface area contributed by atoms with Crippen molar-refractivity contribution in [3.05, 3.63) is 64.7 Å².